The summed E-state index contributed by atoms with van der Waals surface area (Å²) in [4.78, 5) is 10.5. The van der Waals surface area contributed by atoms with Crippen LogP contribution in [0.5, 0.6) is 5.75 Å². The van der Waals surface area contributed by atoms with Crippen molar-refractivity contribution in [3.63, 3.8) is 0 Å². The Kier molecular flexibility index (Phi) is 6.55. The van der Waals surface area contributed by atoms with Gasteiger partial charge in [0.2, 0.25) is 0 Å². The molecule has 0 spiro atoms. The highest BCUT2D eigenvalue weighted by Crippen LogP contribution is 2.46. The van der Waals surface area contributed by atoms with Crippen LogP contribution in [0.15, 0.2) is 22.1 Å². The average Bonchev–Trinajstić information content (AvgIpc) is 3.33. The van der Waals surface area contributed by atoms with Crippen LogP contribution in [0.1, 0.15) is 20.8 Å². The molecule has 3 aromatic rings. The predicted molar refractivity (Wildman–Crippen MR) is 108 cm³/mol. The molecule has 1 N–H and O–H groups in total. The van der Waals surface area contributed by atoms with Gasteiger partial charge in [-0.15, -0.1) is 24.5 Å². The van der Waals surface area contributed by atoms with Crippen LogP contribution in [-0.4, -0.2) is 42.0 Å². The van der Waals surface area contributed by atoms with Crippen molar-refractivity contribution in [3.8, 4) is 16.3 Å². The highest BCUT2D eigenvalue weighted by atomic mass is 35.5. The molecule has 0 radical (unpaired) electrons. The van der Waals surface area contributed by atoms with Gasteiger partial charge in [0.1, 0.15) is 10.5 Å². The minimum Gasteiger partial charge on any atom is -0.422 e. The van der Waals surface area contributed by atoms with Gasteiger partial charge in [-0.25, -0.2) is 4.98 Å². The first-order chi connectivity index (χ1) is 13.8. The van der Waals surface area contributed by atoms with Gasteiger partial charge in [-0.1, -0.05) is 25.4 Å². The fraction of sp³-hybridized carbons (Fsp3) is 0.444. The van der Waals surface area contributed by atoms with Crippen molar-refractivity contribution >= 4 is 40.1 Å². The van der Waals surface area contributed by atoms with Gasteiger partial charge in [0.25, 0.3) is 6.01 Å². The summed E-state index contributed by atoms with van der Waals surface area (Å²) >= 11 is 7.26. The summed E-state index contributed by atoms with van der Waals surface area (Å²) in [6.45, 7) is 8.18. The third kappa shape index (κ3) is 4.59. The molecule has 2 aromatic heterocycles. The number of rotatable bonds is 3. The van der Waals surface area contributed by atoms with E-state index in [1.54, 1.807) is 5.38 Å². The van der Waals surface area contributed by atoms with Crippen LogP contribution in [-0.2, 0) is 0 Å². The van der Waals surface area contributed by atoms with Crippen LogP contribution in [0.3, 0.4) is 0 Å². The molecule has 11 heteroatoms. The van der Waals surface area contributed by atoms with Gasteiger partial charge in [0.15, 0.2) is 11.3 Å². The molecule has 4 rings (SSSR count). The van der Waals surface area contributed by atoms with Gasteiger partial charge in [-0.05, 0) is 13.0 Å². The Hall–Kier alpha value is -2.04. The molecule has 158 valence electrons. The predicted octanol–water partition coefficient (Wildman–Crippen LogP) is 5.33. The number of hydrogen-bond acceptors (Lipinski definition) is 7. The zero-order valence-electron chi connectivity index (χ0n) is 16.0. The van der Waals surface area contributed by atoms with Gasteiger partial charge >= 0.3 is 6.36 Å². The second-order valence-electron chi connectivity index (χ2n) is 6.04. The summed E-state index contributed by atoms with van der Waals surface area (Å²) in [5.41, 5.74) is 0.557. The number of oxazole rings is 1. The zero-order valence-corrected chi connectivity index (χ0v) is 17.6. The maximum Gasteiger partial charge on any atom is 0.573 e. The van der Waals surface area contributed by atoms with Gasteiger partial charge in [-0.3, -0.25) is 0 Å². The molecule has 29 heavy (non-hydrogen) atoms. The number of piperazine rings is 1. The summed E-state index contributed by atoms with van der Waals surface area (Å²) in [5, 5.41) is 5.00. The summed E-state index contributed by atoms with van der Waals surface area (Å²) in [6, 6.07) is 1.77. The zero-order chi connectivity index (χ0) is 21.2. The van der Waals surface area contributed by atoms with Crippen molar-refractivity contribution in [1.82, 2.24) is 15.3 Å². The quantitative estimate of drug-likeness (QED) is 0.584. The molecule has 1 atom stereocenters. The summed E-state index contributed by atoms with van der Waals surface area (Å²) in [6.07, 6.45) is -3.42. The maximum absolute atomic E-state index is 12.9. The number of hydrogen-bond donors (Lipinski definition) is 1. The molecular weight excluding hydrogens is 429 g/mol. The Morgan fingerprint density at radius 1 is 1.38 bits per heavy atom. The molecular formula is C18H20ClF3N4O2S. The number of alkyl halides is 3. The van der Waals surface area contributed by atoms with E-state index in [1.807, 2.05) is 25.7 Å². The van der Waals surface area contributed by atoms with Crippen molar-refractivity contribution in [2.24, 2.45) is 0 Å². The molecule has 1 aliphatic heterocycles. The summed E-state index contributed by atoms with van der Waals surface area (Å²) in [7, 11) is 0. The largest absolute Gasteiger partial charge is 0.573 e. The Morgan fingerprint density at radius 2 is 2.14 bits per heavy atom. The van der Waals surface area contributed by atoms with Crippen LogP contribution in [0.2, 0.25) is 5.02 Å². The first-order valence-corrected chi connectivity index (χ1v) is 10.4. The third-order valence-electron chi connectivity index (χ3n) is 4.19. The first kappa shape index (κ1) is 21.7. The Morgan fingerprint density at radius 3 is 2.76 bits per heavy atom. The van der Waals surface area contributed by atoms with Crippen molar-refractivity contribution in [1.29, 1.82) is 0 Å². The SMILES string of the molecule is CC.CC1CNCCN1c1nc2cc(Cl)c(OC(F)(F)F)c(-c3nccs3)c2o1. The van der Waals surface area contributed by atoms with Crippen molar-refractivity contribution < 1.29 is 22.3 Å². The Bertz CT molecular complexity index is 962. The van der Waals surface area contributed by atoms with Crippen molar-refractivity contribution in [2.75, 3.05) is 24.5 Å². The monoisotopic (exact) mass is 448 g/mol. The van der Waals surface area contributed by atoms with E-state index in [0.29, 0.717) is 23.1 Å². The molecule has 0 aliphatic carbocycles. The van der Waals surface area contributed by atoms with Crippen LogP contribution >= 0.6 is 22.9 Å². The van der Waals surface area contributed by atoms with Crippen LogP contribution in [0.4, 0.5) is 19.2 Å². The van der Waals surface area contributed by atoms with Crippen LogP contribution < -0.4 is 15.0 Å². The van der Waals surface area contributed by atoms with Crippen LogP contribution in [0, 0.1) is 0 Å². The number of nitrogens with one attached hydrogen (secondary N) is 1. The molecule has 0 amide bonds. The second-order valence-corrected chi connectivity index (χ2v) is 7.34. The molecule has 1 aromatic carbocycles. The van der Waals surface area contributed by atoms with E-state index in [4.69, 9.17) is 16.0 Å². The average molecular weight is 449 g/mol. The highest BCUT2D eigenvalue weighted by molar-refractivity contribution is 7.13. The molecule has 3 heterocycles. The fourth-order valence-corrected chi connectivity index (χ4v) is 3.92. The lowest BCUT2D eigenvalue weighted by atomic mass is 10.2. The minimum atomic E-state index is -4.90. The minimum absolute atomic E-state index is 0.0476. The van der Waals surface area contributed by atoms with Gasteiger partial charge in [0, 0.05) is 37.3 Å². The molecule has 1 saturated heterocycles. The topological polar surface area (TPSA) is 63.4 Å². The maximum atomic E-state index is 12.9. The molecule has 1 fully saturated rings. The van der Waals surface area contributed by atoms with Gasteiger partial charge in [0.05, 0.1) is 10.6 Å². The Balaban J connectivity index is 0.00000117. The van der Waals surface area contributed by atoms with E-state index in [1.165, 1.54) is 12.3 Å². The van der Waals surface area contributed by atoms with Crippen molar-refractivity contribution in [2.45, 2.75) is 33.2 Å². The highest BCUT2D eigenvalue weighted by Gasteiger charge is 2.36. The van der Waals surface area contributed by atoms with Gasteiger partial charge in [-0.2, -0.15) is 4.98 Å². The summed E-state index contributed by atoms with van der Waals surface area (Å²) in [5.74, 6) is -0.539. The number of nitrogens with zero attached hydrogens (tertiary/aromatic N) is 3. The fourth-order valence-electron chi connectivity index (χ4n) is 3.01. The van der Waals surface area contributed by atoms with Crippen LogP contribution in [0.25, 0.3) is 21.7 Å². The lowest BCUT2D eigenvalue weighted by Gasteiger charge is -2.32. The molecule has 6 nitrogen and oxygen atoms in total. The van der Waals surface area contributed by atoms with Gasteiger partial charge < -0.3 is 19.4 Å². The number of benzene rings is 1. The summed E-state index contributed by atoms with van der Waals surface area (Å²) < 4.78 is 48.9. The Labute approximate surface area is 174 Å². The molecule has 1 aliphatic rings. The van der Waals surface area contributed by atoms with E-state index >= 15 is 0 Å². The standard InChI is InChI=1S/C16H14ClF3N4O2S.C2H6/c1-8-7-21-2-4-24(8)15-23-10-6-9(17)12(26-16(18,19)20)11(13(10)25-15)14-22-3-5-27-14;1-2/h3,5-6,8,21H,2,4,7H2,1H3;1-2H3. The molecule has 0 bridgehead atoms. The number of aromatic nitrogens is 2. The lowest BCUT2D eigenvalue weighted by Crippen LogP contribution is -2.50. The van der Waals surface area contributed by atoms with Crippen molar-refractivity contribution in [3.05, 3.63) is 22.7 Å². The number of anilines is 1. The first-order valence-electron chi connectivity index (χ1n) is 9.09. The molecule has 1 unspecified atom stereocenters. The third-order valence-corrected chi connectivity index (χ3v) is 5.26. The number of halogens is 4. The lowest BCUT2D eigenvalue weighted by molar-refractivity contribution is -0.274. The number of ether oxygens (including phenoxy) is 1. The van der Waals surface area contributed by atoms with E-state index in [2.05, 4.69) is 20.0 Å². The smallest absolute Gasteiger partial charge is 0.422 e. The number of thiazole rings is 1. The second kappa shape index (κ2) is 8.76. The number of fused-ring (bicyclic) bond motifs is 1. The van der Waals surface area contributed by atoms with E-state index in [0.717, 1.165) is 24.4 Å². The van der Waals surface area contributed by atoms with E-state index < -0.39 is 12.1 Å². The van der Waals surface area contributed by atoms with E-state index in [-0.39, 0.29) is 22.2 Å². The normalized spacial score (nSPS) is 17.2. The van der Waals surface area contributed by atoms with E-state index in [9.17, 15) is 13.2 Å². The molecule has 0 saturated carbocycles.